The van der Waals surface area contributed by atoms with Gasteiger partial charge in [0.1, 0.15) is 6.54 Å². The standard InChI is InChI=1S/C14H26N2O5/c1-6-14(5,12(18)19)9-15-13(20)16(10(3)4)8-11(17)21-7-2/h10H,6-9H2,1-5H3,(H,15,20)(H,18,19). The van der Waals surface area contributed by atoms with E-state index in [1.807, 2.05) is 0 Å². The second-order valence-corrected chi connectivity index (χ2v) is 5.40. The van der Waals surface area contributed by atoms with Crippen molar-refractivity contribution in [2.75, 3.05) is 19.7 Å². The summed E-state index contributed by atoms with van der Waals surface area (Å²) in [5, 5.41) is 11.8. The monoisotopic (exact) mass is 302 g/mol. The minimum absolute atomic E-state index is 0.00368. The van der Waals surface area contributed by atoms with Crippen molar-refractivity contribution in [2.24, 2.45) is 5.41 Å². The number of nitrogens with one attached hydrogen (secondary N) is 1. The molecule has 0 radical (unpaired) electrons. The first-order valence-electron chi connectivity index (χ1n) is 7.11. The zero-order chi connectivity index (χ0) is 16.6. The summed E-state index contributed by atoms with van der Waals surface area (Å²) < 4.78 is 4.82. The van der Waals surface area contributed by atoms with Crippen LogP contribution in [0.3, 0.4) is 0 Å². The van der Waals surface area contributed by atoms with E-state index in [4.69, 9.17) is 9.84 Å². The van der Waals surface area contributed by atoms with Crippen LogP contribution in [0.2, 0.25) is 0 Å². The highest BCUT2D eigenvalue weighted by molar-refractivity contribution is 5.82. The average molecular weight is 302 g/mol. The molecule has 0 fully saturated rings. The third-order valence-corrected chi connectivity index (χ3v) is 3.42. The molecule has 21 heavy (non-hydrogen) atoms. The highest BCUT2D eigenvalue weighted by Gasteiger charge is 2.32. The summed E-state index contributed by atoms with van der Waals surface area (Å²) in [5.74, 6) is -1.45. The largest absolute Gasteiger partial charge is 0.481 e. The second-order valence-electron chi connectivity index (χ2n) is 5.40. The van der Waals surface area contributed by atoms with Crippen LogP contribution in [0.5, 0.6) is 0 Å². The number of aliphatic carboxylic acids is 1. The molecule has 1 unspecified atom stereocenters. The molecule has 0 aliphatic carbocycles. The number of nitrogens with zero attached hydrogens (tertiary/aromatic N) is 1. The summed E-state index contributed by atoms with van der Waals surface area (Å²) in [7, 11) is 0. The number of ether oxygens (including phenoxy) is 1. The third-order valence-electron chi connectivity index (χ3n) is 3.42. The number of hydrogen-bond acceptors (Lipinski definition) is 4. The molecule has 0 aliphatic rings. The number of carboxylic acids is 1. The van der Waals surface area contributed by atoms with Gasteiger partial charge in [0.2, 0.25) is 0 Å². The molecule has 0 bridgehead atoms. The summed E-state index contributed by atoms with van der Waals surface area (Å²) in [6.45, 7) is 8.65. The topological polar surface area (TPSA) is 95.9 Å². The molecule has 0 rings (SSSR count). The molecule has 7 nitrogen and oxygen atoms in total. The minimum atomic E-state index is -1.03. The van der Waals surface area contributed by atoms with Gasteiger partial charge in [0.15, 0.2) is 0 Å². The molecule has 0 saturated carbocycles. The highest BCUT2D eigenvalue weighted by atomic mass is 16.5. The van der Waals surface area contributed by atoms with Gasteiger partial charge in [-0.15, -0.1) is 0 Å². The zero-order valence-corrected chi connectivity index (χ0v) is 13.4. The maximum absolute atomic E-state index is 12.1. The lowest BCUT2D eigenvalue weighted by atomic mass is 9.88. The van der Waals surface area contributed by atoms with Gasteiger partial charge in [-0.25, -0.2) is 4.79 Å². The van der Waals surface area contributed by atoms with E-state index < -0.39 is 23.4 Å². The number of carbonyl (C=O) groups excluding carboxylic acids is 2. The number of rotatable bonds is 8. The fourth-order valence-electron chi connectivity index (χ4n) is 1.56. The van der Waals surface area contributed by atoms with Crippen molar-refractivity contribution in [1.29, 1.82) is 0 Å². The van der Waals surface area contributed by atoms with Crippen molar-refractivity contribution < 1.29 is 24.2 Å². The second kappa shape index (κ2) is 8.49. The Kier molecular flexibility index (Phi) is 7.76. The van der Waals surface area contributed by atoms with Crippen molar-refractivity contribution in [3.8, 4) is 0 Å². The van der Waals surface area contributed by atoms with Crippen molar-refractivity contribution >= 4 is 18.0 Å². The molecule has 2 amide bonds. The van der Waals surface area contributed by atoms with Crippen LogP contribution in [0.15, 0.2) is 0 Å². The van der Waals surface area contributed by atoms with Gasteiger partial charge in [-0.05, 0) is 34.1 Å². The summed E-state index contributed by atoms with van der Waals surface area (Å²) in [4.78, 5) is 36.1. The van der Waals surface area contributed by atoms with Gasteiger partial charge in [0.25, 0.3) is 0 Å². The van der Waals surface area contributed by atoms with E-state index in [1.165, 1.54) is 4.90 Å². The normalized spacial score (nSPS) is 13.4. The Morgan fingerprint density at radius 3 is 2.24 bits per heavy atom. The molecule has 0 saturated heterocycles. The molecule has 0 aromatic rings. The first kappa shape index (κ1) is 19.2. The zero-order valence-electron chi connectivity index (χ0n) is 13.4. The molecular weight excluding hydrogens is 276 g/mol. The SMILES string of the molecule is CCOC(=O)CN(C(=O)NCC(C)(CC)C(=O)O)C(C)C. The molecule has 2 N–H and O–H groups in total. The van der Waals surface area contributed by atoms with Crippen LogP contribution in [0.1, 0.15) is 41.0 Å². The van der Waals surface area contributed by atoms with E-state index in [0.717, 1.165) is 0 Å². The number of urea groups is 1. The lowest BCUT2D eigenvalue weighted by Crippen LogP contribution is -2.50. The van der Waals surface area contributed by atoms with Gasteiger partial charge in [-0.2, -0.15) is 0 Å². The van der Waals surface area contributed by atoms with E-state index in [2.05, 4.69) is 5.32 Å². The molecule has 0 spiro atoms. The number of carboxylic acid groups (broad SMARTS) is 1. The Morgan fingerprint density at radius 2 is 1.86 bits per heavy atom. The van der Waals surface area contributed by atoms with Crippen molar-refractivity contribution in [2.45, 2.75) is 47.1 Å². The highest BCUT2D eigenvalue weighted by Crippen LogP contribution is 2.20. The quantitative estimate of drug-likeness (QED) is 0.662. The van der Waals surface area contributed by atoms with Gasteiger partial charge in [0.05, 0.1) is 12.0 Å². The van der Waals surface area contributed by atoms with E-state index >= 15 is 0 Å². The fraction of sp³-hybridized carbons (Fsp3) is 0.786. The lowest BCUT2D eigenvalue weighted by molar-refractivity contribution is -0.148. The summed E-state index contributed by atoms with van der Waals surface area (Å²) in [5.41, 5.74) is -1.03. The van der Waals surface area contributed by atoms with Crippen molar-refractivity contribution in [1.82, 2.24) is 10.2 Å². The summed E-state index contributed by atoms with van der Waals surface area (Å²) in [6, 6.07) is -0.675. The molecule has 7 heteroatoms. The molecule has 0 aromatic heterocycles. The third kappa shape index (κ3) is 6.01. The predicted molar refractivity (Wildman–Crippen MR) is 77.9 cm³/mol. The van der Waals surface area contributed by atoms with E-state index in [9.17, 15) is 14.4 Å². The molecule has 0 aliphatic heterocycles. The van der Waals surface area contributed by atoms with Gasteiger partial charge < -0.3 is 20.1 Å². The Hall–Kier alpha value is -1.79. The van der Waals surface area contributed by atoms with Gasteiger partial charge in [0, 0.05) is 12.6 Å². The number of hydrogen-bond donors (Lipinski definition) is 2. The van der Waals surface area contributed by atoms with Crippen molar-refractivity contribution in [3.63, 3.8) is 0 Å². The molecule has 1 atom stereocenters. The maximum Gasteiger partial charge on any atom is 0.325 e. The van der Waals surface area contributed by atoms with Crippen LogP contribution in [0.25, 0.3) is 0 Å². The Morgan fingerprint density at radius 1 is 1.29 bits per heavy atom. The first-order chi connectivity index (χ1) is 9.67. The van der Waals surface area contributed by atoms with Gasteiger partial charge >= 0.3 is 18.0 Å². The van der Waals surface area contributed by atoms with Gasteiger partial charge in [-0.1, -0.05) is 6.92 Å². The lowest BCUT2D eigenvalue weighted by Gasteiger charge is -2.29. The molecule has 122 valence electrons. The number of amides is 2. The van der Waals surface area contributed by atoms with Crippen LogP contribution in [-0.2, 0) is 14.3 Å². The van der Waals surface area contributed by atoms with Gasteiger partial charge in [-0.3, -0.25) is 9.59 Å². The van der Waals surface area contributed by atoms with Crippen molar-refractivity contribution in [3.05, 3.63) is 0 Å². The predicted octanol–water partition coefficient (Wildman–Crippen LogP) is 1.47. The van der Waals surface area contributed by atoms with E-state index in [0.29, 0.717) is 6.42 Å². The first-order valence-corrected chi connectivity index (χ1v) is 7.11. The van der Waals surface area contributed by atoms with E-state index in [1.54, 1.807) is 34.6 Å². The van der Waals surface area contributed by atoms with Crippen LogP contribution in [0, 0.1) is 5.41 Å². The molecule has 0 aromatic carbocycles. The molecular formula is C14H26N2O5. The van der Waals surface area contributed by atoms with Crippen LogP contribution in [0.4, 0.5) is 4.79 Å². The summed E-state index contributed by atoms with van der Waals surface area (Å²) in [6.07, 6.45) is 0.391. The Bertz CT molecular complexity index is 384. The maximum atomic E-state index is 12.1. The summed E-state index contributed by atoms with van der Waals surface area (Å²) >= 11 is 0. The number of carbonyl (C=O) groups is 3. The smallest absolute Gasteiger partial charge is 0.325 e. The molecule has 0 heterocycles. The average Bonchev–Trinajstić information content (AvgIpc) is 2.41. The number of esters is 1. The Labute approximate surface area is 125 Å². The fourth-order valence-corrected chi connectivity index (χ4v) is 1.56. The Balaban J connectivity index is 4.70. The minimum Gasteiger partial charge on any atom is -0.481 e. The van der Waals surface area contributed by atoms with Crippen LogP contribution in [-0.4, -0.2) is 53.7 Å². The van der Waals surface area contributed by atoms with Crippen LogP contribution >= 0.6 is 0 Å². The van der Waals surface area contributed by atoms with E-state index in [-0.39, 0.29) is 25.7 Å². The van der Waals surface area contributed by atoms with Crippen LogP contribution < -0.4 is 5.32 Å².